The summed E-state index contributed by atoms with van der Waals surface area (Å²) in [4.78, 5) is 10.8. The molecule has 2 heterocycles. The van der Waals surface area contributed by atoms with E-state index in [2.05, 4.69) is 29.1 Å². The summed E-state index contributed by atoms with van der Waals surface area (Å²) in [7, 11) is 0. The highest BCUT2D eigenvalue weighted by atomic mass is 35.5. The van der Waals surface area contributed by atoms with Crippen LogP contribution < -0.4 is 11.1 Å². The number of thiophene rings is 1. The molecule has 0 bridgehead atoms. The van der Waals surface area contributed by atoms with Crippen molar-refractivity contribution in [3.05, 3.63) is 38.9 Å². The summed E-state index contributed by atoms with van der Waals surface area (Å²) >= 11 is 13.8. The molecular formula is C14H12Cl2N4S. The van der Waals surface area contributed by atoms with Gasteiger partial charge in [0.1, 0.15) is 17.0 Å². The summed E-state index contributed by atoms with van der Waals surface area (Å²) < 4.78 is 0. The molecule has 0 atom stereocenters. The number of hydrogen-bond acceptors (Lipinski definition) is 5. The van der Waals surface area contributed by atoms with Crippen molar-refractivity contribution in [3.63, 3.8) is 0 Å². The van der Waals surface area contributed by atoms with Crippen molar-refractivity contribution >= 4 is 61.9 Å². The fraction of sp³-hybridized carbons (Fsp3) is 0.143. The van der Waals surface area contributed by atoms with E-state index >= 15 is 0 Å². The summed E-state index contributed by atoms with van der Waals surface area (Å²) in [6, 6.07) is 3.45. The van der Waals surface area contributed by atoms with Crippen molar-refractivity contribution in [1.29, 1.82) is 0 Å². The van der Waals surface area contributed by atoms with Gasteiger partial charge in [-0.2, -0.15) is 0 Å². The molecule has 0 radical (unpaired) electrons. The van der Waals surface area contributed by atoms with Crippen LogP contribution >= 0.6 is 34.5 Å². The minimum atomic E-state index is 0.374. The lowest BCUT2D eigenvalue weighted by molar-refractivity contribution is 1.22. The maximum Gasteiger partial charge on any atom is 0.142 e. The van der Waals surface area contributed by atoms with Crippen LogP contribution in [0.5, 0.6) is 0 Å². The van der Waals surface area contributed by atoms with Crippen LogP contribution in [0, 0.1) is 13.8 Å². The van der Waals surface area contributed by atoms with Crippen LogP contribution in [-0.2, 0) is 0 Å². The molecule has 0 saturated heterocycles. The Morgan fingerprint density at radius 3 is 2.48 bits per heavy atom. The summed E-state index contributed by atoms with van der Waals surface area (Å²) in [6.45, 7) is 4.13. The van der Waals surface area contributed by atoms with Gasteiger partial charge >= 0.3 is 0 Å². The van der Waals surface area contributed by atoms with Crippen LogP contribution in [0.2, 0.25) is 10.0 Å². The first-order valence-electron chi connectivity index (χ1n) is 6.19. The van der Waals surface area contributed by atoms with Gasteiger partial charge in [-0.3, -0.25) is 0 Å². The van der Waals surface area contributed by atoms with E-state index in [1.807, 2.05) is 0 Å². The summed E-state index contributed by atoms with van der Waals surface area (Å²) in [6.07, 6.45) is 1.54. The average molecular weight is 339 g/mol. The zero-order chi connectivity index (χ0) is 15.1. The minimum absolute atomic E-state index is 0.374. The second-order valence-corrected chi connectivity index (χ2v) is 6.68. The Bertz CT molecular complexity index is 821. The van der Waals surface area contributed by atoms with Crippen molar-refractivity contribution in [1.82, 2.24) is 9.97 Å². The van der Waals surface area contributed by atoms with Crippen molar-refractivity contribution in [3.8, 4) is 0 Å². The number of nitrogens with two attached hydrogens (primary N) is 1. The van der Waals surface area contributed by atoms with E-state index in [0.717, 1.165) is 21.7 Å². The van der Waals surface area contributed by atoms with Crippen LogP contribution in [0.1, 0.15) is 10.4 Å². The van der Waals surface area contributed by atoms with Gasteiger partial charge in [0.05, 0.1) is 21.1 Å². The highest BCUT2D eigenvalue weighted by molar-refractivity contribution is 7.18. The molecule has 0 aliphatic carbocycles. The molecule has 0 spiro atoms. The molecule has 4 nitrogen and oxygen atoms in total. The van der Waals surface area contributed by atoms with Gasteiger partial charge in [-0.05, 0) is 31.5 Å². The molecule has 3 rings (SSSR count). The van der Waals surface area contributed by atoms with E-state index in [9.17, 15) is 0 Å². The normalized spacial score (nSPS) is 11.0. The maximum absolute atomic E-state index is 6.06. The molecule has 0 unspecified atom stereocenters. The first-order chi connectivity index (χ1) is 9.97. The number of nitrogen functional groups attached to an aromatic ring is 1. The Morgan fingerprint density at radius 1 is 1.14 bits per heavy atom. The summed E-state index contributed by atoms with van der Waals surface area (Å²) in [5.41, 5.74) is 8.03. The predicted molar refractivity (Wildman–Crippen MR) is 91.0 cm³/mol. The molecule has 0 aliphatic rings. The largest absolute Gasteiger partial charge is 0.396 e. The van der Waals surface area contributed by atoms with Crippen molar-refractivity contribution in [2.24, 2.45) is 0 Å². The first kappa shape index (κ1) is 14.4. The number of halogens is 2. The highest BCUT2D eigenvalue weighted by Crippen LogP contribution is 2.36. The summed E-state index contributed by atoms with van der Waals surface area (Å²) in [5, 5.41) is 5.08. The lowest BCUT2D eigenvalue weighted by atomic mass is 10.2. The number of rotatable bonds is 2. The van der Waals surface area contributed by atoms with Gasteiger partial charge in [-0.1, -0.05) is 23.2 Å². The molecule has 0 amide bonds. The monoisotopic (exact) mass is 338 g/mol. The van der Waals surface area contributed by atoms with E-state index in [1.165, 1.54) is 10.4 Å². The van der Waals surface area contributed by atoms with Crippen molar-refractivity contribution in [2.45, 2.75) is 13.8 Å². The Morgan fingerprint density at radius 2 is 1.81 bits per heavy atom. The zero-order valence-corrected chi connectivity index (χ0v) is 13.7. The number of benzene rings is 1. The van der Waals surface area contributed by atoms with Gasteiger partial charge in [-0.15, -0.1) is 11.3 Å². The van der Waals surface area contributed by atoms with E-state index in [4.69, 9.17) is 28.9 Å². The second-order valence-electron chi connectivity index (χ2n) is 4.66. The summed E-state index contributed by atoms with van der Waals surface area (Å²) in [5.74, 6) is 0.735. The Labute approximate surface area is 135 Å². The van der Waals surface area contributed by atoms with Crippen LogP contribution in [-0.4, -0.2) is 9.97 Å². The van der Waals surface area contributed by atoms with Gasteiger partial charge in [0.25, 0.3) is 0 Å². The van der Waals surface area contributed by atoms with E-state index < -0.39 is 0 Å². The molecule has 0 fully saturated rings. The fourth-order valence-electron chi connectivity index (χ4n) is 2.07. The van der Waals surface area contributed by atoms with Gasteiger partial charge in [-0.25, -0.2) is 9.97 Å². The Kier molecular flexibility index (Phi) is 3.65. The van der Waals surface area contributed by atoms with Crippen LogP contribution in [0.3, 0.4) is 0 Å². The molecule has 3 aromatic rings. The lowest BCUT2D eigenvalue weighted by Gasteiger charge is -2.10. The Balaban J connectivity index is 2.10. The first-order valence-corrected chi connectivity index (χ1v) is 7.77. The highest BCUT2D eigenvalue weighted by Gasteiger charge is 2.13. The number of aromatic nitrogens is 2. The fourth-order valence-corrected chi connectivity index (χ4v) is 3.55. The smallest absolute Gasteiger partial charge is 0.142 e. The van der Waals surface area contributed by atoms with Crippen LogP contribution in [0.4, 0.5) is 17.2 Å². The standard InChI is InChI=1S/C14H12Cl2N4S/c1-6-7(2)21-14-11(6)13(18-5-19-14)20-8-3-9(15)12(17)10(16)4-8/h3-5H,17H2,1-2H3,(H,18,19,20). The molecular weight excluding hydrogens is 327 g/mol. The van der Waals surface area contributed by atoms with Crippen LogP contribution in [0.15, 0.2) is 18.5 Å². The third-order valence-electron chi connectivity index (χ3n) is 3.31. The molecule has 1 aromatic carbocycles. The third kappa shape index (κ3) is 2.52. The van der Waals surface area contributed by atoms with Gasteiger partial charge in [0.2, 0.25) is 0 Å². The average Bonchev–Trinajstić information content (AvgIpc) is 2.72. The lowest BCUT2D eigenvalue weighted by Crippen LogP contribution is -1.97. The van der Waals surface area contributed by atoms with Crippen molar-refractivity contribution in [2.75, 3.05) is 11.1 Å². The predicted octanol–water partition coefficient (Wildman–Crippen LogP) is 4.94. The third-order valence-corrected chi connectivity index (χ3v) is 5.05. The quantitative estimate of drug-likeness (QED) is 0.649. The number of fused-ring (bicyclic) bond motifs is 1. The van der Waals surface area contributed by atoms with Gasteiger partial charge in [0.15, 0.2) is 0 Å². The minimum Gasteiger partial charge on any atom is -0.396 e. The SMILES string of the molecule is Cc1sc2ncnc(Nc3cc(Cl)c(N)c(Cl)c3)c2c1C. The number of nitrogens with zero attached hydrogens (tertiary/aromatic N) is 2. The number of hydrogen-bond donors (Lipinski definition) is 2. The Hall–Kier alpha value is -1.56. The van der Waals surface area contributed by atoms with E-state index in [-0.39, 0.29) is 0 Å². The number of aryl methyl sites for hydroxylation is 2. The number of nitrogens with one attached hydrogen (secondary N) is 1. The van der Waals surface area contributed by atoms with Crippen molar-refractivity contribution < 1.29 is 0 Å². The topological polar surface area (TPSA) is 63.8 Å². The molecule has 0 saturated carbocycles. The number of anilines is 3. The maximum atomic E-state index is 6.06. The van der Waals surface area contributed by atoms with E-state index in [1.54, 1.807) is 29.8 Å². The molecule has 108 valence electrons. The molecule has 7 heteroatoms. The van der Waals surface area contributed by atoms with Crippen LogP contribution in [0.25, 0.3) is 10.2 Å². The molecule has 2 aromatic heterocycles. The van der Waals surface area contributed by atoms with Gasteiger partial charge < -0.3 is 11.1 Å². The molecule has 21 heavy (non-hydrogen) atoms. The van der Waals surface area contributed by atoms with E-state index in [0.29, 0.717) is 15.7 Å². The molecule has 3 N–H and O–H groups in total. The zero-order valence-electron chi connectivity index (χ0n) is 11.4. The molecule has 0 aliphatic heterocycles. The van der Waals surface area contributed by atoms with Gasteiger partial charge in [0, 0.05) is 10.6 Å². The second kappa shape index (κ2) is 5.33.